The molecule has 3 nitrogen and oxygen atoms in total. The van der Waals surface area contributed by atoms with Gasteiger partial charge in [-0.05, 0) is 58.6 Å². The molecule has 2 rings (SSSR count). The maximum absolute atomic E-state index is 5.84. The molecule has 0 radical (unpaired) electrons. The molecule has 2 N–H and O–H groups in total. The molecule has 0 aliphatic heterocycles. The average molecular weight is 321 g/mol. The van der Waals surface area contributed by atoms with Crippen LogP contribution in [-0.4, -0.2) is 4.98 Å². The van der Waals surface area contributed by atoms with E-state index in [1.54, 1.807) is 0 Å². The van der Waals surface area contributed by atoms with Crippen molar-refractivity contribution >= 4 is 15.9 Å². The van der Waals surface area contributed by atoms with E-state index in [1.807, 2.05) is 37.3 Å². The molecule has 0 atom stereocenters. The first-order chi connectivity index (χ1) is 9.12. The normalized spacial score (nSPS) is 10.5. The van der Waals surface area contributed by atoms with Crippen LogP contribution in [0.15, 0.2) is 34.8 Å². The molecule has 0 unspecified atom stereocenters. The van der Waals surface area contributed by atoms with Crippen molar-refractivity contribution in [1.29, 1.82) is 0 Å². The van der Waals surface area contributed by atoms with Crippen molar-refractivity contribution < 1.29 is 4.74 Å². The lowest BCUT2D eigenvalue weighted by molar-refractivity contribution is 0.457. The molecule has 0 bridgehead atoms. The lowest BCUT2D eigenvalue weighted by atomic mass is 10.2. The van der Waals surface area contributed by atoms with Crippen LogP contribution in [0.5, 0.6) is 11.6 Å². The van der Waals surface area contributed by atoms with Gasteiger partial charge in [0.25, 0.3) is 0 Å². The van der Waals surface area contributed by atoms with Gasteiger partial charge in [-0.15, -0.1) is 0 Å². The number of nitrogens with two attached hydrogens (primary N) is 1. The van der Waals surface area contributed by atoms with E-state index < -0.39 is 0 Å². The number of rotatable bonds is 4. The first-order valence-electron chi connectivity index (χ1n) is 6.26. The van der Waals surface area contributed by atoms with Gasteiger partial charge in [-0.2, -0.15) is 0 Å². The molecule has 1 heterocycles. The summed E-state index contributed by atoms with van der Waals surface area (Å²) in [5, 5.41) is 0. The van der Waals surface area contributed by atoms with Gasteiger partial charge < -0.3 is 10.5 Å². The van der Waals surface area contributed by atoms with E-state index >= 15 is 0 Å². The molecule has 0 amide bonds. The van der Waals surface area contributed by atoms with Crippen LogP contribution < -0.4 is 10.5 Å². The fourth-order valence-electron chi connectivity index (χ4n) is 1.77. The molecule has 19 heavy (non-hydrogen) atoms. The van der Waals surface area contributed by atoms with Gasteiger partial charge >= 0.3 is 0 Å². The van der Waals surface area contributed by atoms with Crippen molar-refractivity contribution in [3.63, 3.8) is 0 Å². The van der Waals surface area contributed by atoms with Crippen LogP contribution in [0, 0.1) is 6.92 Å². The van der Waals surface area contributed by atoms with Crippen LogP contribution in [0.25, 0.3) is 0 Å². The Kier molecular flexibility index (Phi) is 4.56. The van der Waals surface area contributed by atoms with Crippen molar-refractivity contribution in [3.05, 3.63) is 51.6 Å². The van der Waals surface area contributed by atoms with Crippen LogP contribution in [0.2, 0.25) is 0 Å². The third-order valence-electron chi connectivity index (χ3n) is 2.81. The van der Waals surface area contributed by atoms with E-state index in [0.29, 0.717) is 12.4 Å². The molecule has 0 aliphatic carbocycles. The van der Waals surface area contributed by atoms with E-state index in [1.165, 1.54) is 5.56 Å². The summed E-state index contributed by atoms with van der Waals surface area (Å²) in [6, 6.07) is 9.85. The summed E-state index contributed by atoms with van der Waals surface area (Å²) in [4.78, 5) is 4.46. The number of halogens is 1. The summed E-state index contributed by atoms with van der Waals surface area (Å²) in [5.41, 5.74) is 8.89. The van der Waals surface area contributed by atoms with Crippen LogP contribution in [0.4, 0.5) is 0 Å². The number of aryl methyl sites for hydroxylation is 2. The highest BCUT2D eigenvalue weighted by atomic mass is 79.9. The molecule has 0 fully saturated rings. The van der Waals surface area contributed by atoms with E-state index in [-0.39, 0.29) is 0 Å². The first-order valence-corrected chi connectivity index (χ1v) is 7.05. The number of benzene rings is 1. The maximum Gasteiger partial charge on any atom is 0.219 e. The summed E-state index contributed by atoms with van der Waals surface area (Å²) >= 11 is 3.50. The van der Waals surface area contributed by atoms with Crippen molar-refractivity contribution in [2.75, 3.05) is 0 Å². The Hall–Kier alpha value is -1.39. The predicted octanol–water partition coefficient (Wildman–Crippen LogP) is 3.97. The molecule has 0 spiro atoms. The zero-order chi connectivity index (χ0) is 13.8. The summed E-state index contributed by atoms with van der Waals surface area (Å²) in [6.45, 7) is 4.59. The second-order valence-electron chi connectivity index (χ2n) is 4.40. The Labute approximate surface area is 121 Å². The minimum atomic E-state index is 0.487. The van der Waals surface area contributed by atoms with Crippen LogP contribution >= 0.6 is 15.9 Å². The largest absolute Gasteiger partial charge is 0.438 e. The Morgan fingerprint density at radius 3 is 2.68 bits per heavy atom. The number of hydrogen-bond acceptors (Lipinski definition) is 3. The van der Waals surface area contributed by atoms with Crippen molar-refractivity contribution in [3.8, 4) is 11.6 Å². The van der Waals surface area contributed by atoms with E-state index in [2.05, 4.69) is 27.8 Å². The van der Waals surface area contributed by atoms with Crippen molar-refractivity contribution in [1.82, 2.24) is 4.98 Å². The monoisotopic (exact) mass is 320 g/mol. The molecular weight excluding hydrogens is 304 g/mol. The first kappa shape index (κ1) is 14.0. The van der Waals surface area contributed by atoms with Crippen LogP contribution in [0.3, 0.4) is 0 Å². The Morgan fingerprint density at radius 1 is 1.26 bits per heavy atom. The average Bonchev–Trinajstić information content (AvgIpc) is 2.41. The third kappa shape index (κ3) is 3.55. The SMILES string of the molecule is CCc1cc(CN)cc(Oc2ccc(C)cc2Br)n1. The highest BCUT2D eigenvalue weighted by molar-refractivity contribution is 9.10. The Bertz CT molecular complexity index is 562. The predicted molar refractivity (Wildman–Crippen MR) is 80.5 cm³/mol. The second-order valence-corrected chi connectivity index (χ2v) is 5.25. The molecule has 0 aliphatic rings. The molecule has 0 saturated heterocycles. The quantitative estimate of drug-likeness (QED) is 0.927. The van der Waals surface area contributed by atoms with Crippen LogP contribution in [-0.2, 0) is 13.0 Å². The fourth-order valence-corrected chi connectivity index (χ4v) is 2.35. The van der Waals surface area contributed by atoms with Gasteiger partial charge in [0.15, 0.2) is 0 Å². The van der Waals surface area contributed by atoms with Gasteiger partial charge in [0.1, 0.15) is 5.75 Å². The van der Waals surface area contributed by atoms with E-state index in [0.717, 1.165) is 27.9 Å². The molecule has 1 aromatic carbocycles. The highest BCUT2D eigenvalue weighted by Gasteiger charge is 2.06. The van der Waals surface area contributed by atoms with Gasteiger partial charge in [-0.25, -0.2) is 4.98 Å². The van der Waals surface area contributed by atoms with Gasteiger partial charge in [-0.3, -0.25) is 0 Å². The molecule has 4 heteroatoms. The smallest absolute Gasteiger partial charge is 0.219 e. The van der Waals surface area contributed by atoms with Gasteiger partial charge in [-0.1, -0.05) is 13.0 Å². The molecular formula is C15H17BrN2O. The molecule has 1 aromatic heterocycles. The molecule has 100 valence electrons. The lowest BCUT2D eigenvalue weighted by Gasteiger charge is -2.10. The van der Waals surface area contributed by atoms with Gasteiger partial charge in [0.05, 0.1) is 4.47 Å². The Morgan fingerprint density at radius 2 is 2.05 bits per heavy atom. The zero-order valence-electron chi connectivity index (χ0n) is 11.1. The molecule has 2 aromatic rings. The second kappa shape index (κ2) is 6.17. The fraction of sp³-hybridized carbons (Fsp3) is 0.267. The standard InChI is InChI=1S/C15H17BrN2O/c1-3-12-7-11(9-17)8-15(18-12)19-14-5-4-10(2)6-13(14)16/h4-8H,3,9,17H2,1-2H3. The Balaban J connectivity index is 2.31. The van der Waals surface area contributed by atoms with Crippen molar-refractivity contribution in [2.24, 2.45) is 5.73 Å². The minimum Gasteiger partial charge on any atom is -0.438 e. The van der Waals surface area contributed by atoms with Gasteiger partial charge in [0, 0.05) is 18.3 Å². The molecule has 0 saturated carbocycles. The number of pyridine rings is 1. The number of hydrogen-bond donors (Lipinski definition) is 1. The number of aromatic nitrogens is 1. The lowest BCUT2D eigenvalue weighted by Crippen LogP contribution is -2.01. The van der Waals surface area contributed by atoms with Gasteiger partial charge in [0.2, 0.25) is 5.88 Å². The minimum absolute atomic E-state index is 0.487. The maximum atomic E-state index is 5.84. The third-order valence-corrected chi connectivity index (χ3v) is 3.43. The number of ether oxygens (including phenoxy) is 1. The highest BCUT2D eigenvalue weighted by Crippen LogP contribution is 2.30. The summed E-state index contributed by atoms with van der Waals surface area (Å²) in [7, 11) is 0. The summed E-state index contributed by atoms with van der Waals surface area (Å²) in [6.07, 6.45) is 0.860. The zero-order valence-corrected chi connectivity index (χ0v) is 12.7. The summed E-state index contributed by atoms with van der Waals surface area (Å²) in [5.74, 6) is 1.35. The number of nitrogens with zero attached hydrogens (tertiary/aromatic N) is 1. The topological polar surface area (TPSA) is 48.1 Å². The van der Waals surface area contributed by atoms with E-state index in [4.69, 9.17) is 10.5 Å². The van der Waals surface area contributed by atoms with Crippen LogP contribution in [0.1, 0.15) is 23.7 Å². The van der Waals surface area contributed by atoms with Crippen molar-refractivity contribution in [2.45, 2.75) is 26.8 Å². The van der Waals surface area contributed by atoms with E-state index in [9.17, 15) is 0 Å². The summed E-state index contributed by atoms with van der Waals surface area (Å²) < 4.78 is 6.76.